The molecule has 3 nitrogen and oxygen atoms in total. The van der Waals surface area contributed by atoms with Crippen molar-refractivity contribution in [2.45, 2.75) is 18.9 Å². The average molecular weight is 335 g/mol. The maximum atomic E-state index is 5.43. The number of methoxy groups -OCH3 is 1. The Morgan fingerprint density at radius 2 is 2.10 bits per heavy atom. The zero-order chi connectivity index (χ0) is 14.4. The van der Waals surface area contributed by atoms with Gasteiger partial charge in [0.05, 0.1) is 7.11 Å². The van der Waals surface area contributed by atoms with Gasteiger partial charge in [-0.1, -0.05) is 22.0 Å². The first kappa shape index (κ1) is 15.0. The summed E-state index contributed by atoms with van der Waals surface area (Å²) >= 11 is 3.52. The Balaban J connectivity index is 2.12. The molecule has 0 bridgehead atoms. The first-order valence-electron chi connectivity index (χ1n) is 6.62. The molecular formula is C16H19BrN2O. The molecule has 20 heavy (non-hydrogen) atoms. The lowest BCUT2D eigenvalue weighted by Crippen LogP contribution is -2.30. The first-order valence-corrected chi connectivity index (χ1v) is 7.42. The van der Waals surface area contributed by atoms with Crippen molar-refractivity contribution in [2.24, 2.45) is 0 Å². The molecule has 0 aliphatic rings. The number of likely N-dealkylation sites (N-methyl/N-ethyl adjacent to an activating group) is 1. The molecule has 0 amide bonds. The van der Waals surface area contributed by atoms with E-state index in [2.05, 4.69) is 38.4 Å². The lowest BCUT2D eigenvalue weighted by Gasteiger charge is -2.18. The number of nitrogens with one attached hydrogen (secondary N) is 1. The third-order valence-corrected chi connectivity index (χ3v) is 3.79. The summed E-state index contributed by atoms with van der Waals surface area (Å²) in [4.78, 5) is 4.39. The SMILES string of the molecule is CNC(Cc1ccccn1)Cc1cc(Br)ccc1OC. The van der Waals surface area contributed by atoms with E-state index in [4.69, 9.17) is 4.74 Å². The van der Waals surface area contributed by atoms with Crippen LogP contribution in [0.15, 0.2) is 47.1 Å². The van der Waals surface area contributed by atoms with Gasteiger partial charge in [0, 0.05) is 28.8 Å². The molecule has 1 unspecified atom stereocenters. The zero-order valence-electron chi connectivity index (χ0n) is 11.8. The van der Waals surface area contributed by atoms with Crippen molar-refractivity contribution in [2.75, 3.05) is 14.2 Å². The number of aromatic nitrogens is 1. The summed E-state index contributed by atoms with van der Waals surface area (Å²) in [6.45, 7) is 0. The Hall–Kier alpha value is -1.39. The molecule has 2 rings (SSSR count). The van der Waals surface area contributed by atoms with Gasteiger partial charge in [0.15, 0.2) is 0 Å². The van der Waals surface area contributed by atoms with Crippen molar-refractivity contribution in [1.82, 2.24) is 10.3 Å². The van der Waals surface area contributed by atoms with E-state index in [9.17, 15) is 0 Å². The van der Waals surface area contributed by atoms with E-state index in [1.165, 1.54) is 5.56 Å². The number of pyridine rings is 1. The Morgan fingerprint density at radius 1 is 1.25 bits per heavy atom. The summed E-state index contributed by atoms with van der Waals surface area (Å²) in [5.74, 6) is 0.925. The molecule has 0 spiro atoms. The summed E-state index contributed by atoms with van der Waals surface area (Å²) in [7, 11) is 3.69. The molecule has 1 aromatic heterocycles. The predicted molar refractivity (Wildman–Crippen MR) is 85.2 cm³/mol. The van der Waals surface area contributed by atoms with Crippen molar-refractivity contribution in [3.63, 3.8) is 0 Å². The van der Waals surface area contributed by atoms with Crippen LogP contribution < -0.4 is 10.1 Å². The standard InChI is InChI=1S/C16H19BrN2O/c1-18-15(11-14-5-3-4-8-19-14)10-12-9-13(17)6-7-16(12)20-2/h3-9,15,18H,10-11H2,1-2H3. The summed E-state index contributed by atoms with van der Waals surface area (Å²) in [6.07, 6.45) is 3.63. The minimum absolute atomic E-state index is 0.327. The van der Waals surface area contributed by atoms with Crippen molar-refractivity contribution in [1.29, 1.82) is 0 Å². The monoisotopic (exact) mass is 334 g/mol. The Bertz CT molecular complexity index is 545. The van der Waals surface area contributed by atoms with Crippen molar-refractivity contribution in [3.05, 3.63) is 58.3 Å². The highest BCUT2D eigenvalue weighted by atomic mass is 79.9. The summed E-state index contributed by atoms with van der Waals surface area (Å²) in [5.41, 5.74) is 2.29. The van der Waals surface area contributed by atoms with Crippen LogP contribution in [0.3, 0.4) is 0 Å². The maximum Gasteiger partial charge on any atom is 0.122 e. The zero-order valence-corrected chi connectivity index (χ0v) is 13.4. The highest BCUT2D eigenvalue weighted by Gasteiger charge is 2.12. The van der Waals surface area contributed by atoms with Crippen LogP contribution in [0.1, 0.15) is 11.3 Å². The first-order chi connectivity index (χ1) is 9.72. The second-order valence-electron chi connectivity index (χ2n) is 4.67. The number of ether oxygens (including phenoxy) is 1. The third-order valence-electron chi connectivity index (χ3n) is 3.30. The van der Waals surface area contributed by atoms with Crippen molar-refractivity contribution < 1.29 is 4.74 Å². The Morgan fingerprint density at radius 3 is 2.75 bits per heavy atom. The molecule has 0 aliphatic carbocycles. The smallest absolute Gasteiger partial charge is 0.122 e. The third kappa shape index (κ3) is 4.05. The quantitative estimate of drug-likeness (QED) is 0.880. The van der Waals surface area contributed by atoms with Gasteiger partial charge in [-0.3, -0.25) is 4.98 Å². The molecule has 0 saturated heterocycles. The molecule has 1 atom stereocenters. The fraction of sp³-hybridized carbons (Fsp3) is 0.312. The van der Waals surface area contributed by atoms with Gasteiger partial charge in [-0.15, -0.1) is 0 Å². The second-order valence-corrected chi connectivity index (χ2v) is 5.59. The van der Waals surface area contributed by atoms with Crippen LogP contribution in [-0.4, -0.2) is 25.2 Å². The van der Waals surface area contributed by atoms with Gasteiger partial charge >= 0.3 is 0 Å². The normalized spacial score (nSPS) is 12.2. The van der Waals surface area contributed by atoms with E-state index < -0.39 is 0 Å². The summed E-state index contributed by atoms with van der Waals surface area (Å²) < 4.78 is 6.50. The number of hydrogen-bond donors (Lipinski definition) is 1. The van der Waals surface area contributed by atoms with Gasteiger partial charge in [-0.25, -0.2) is 0 Å². The highest BCUT2D eigenvalue weighted by molar-refractivity contribution is 9.10. The fourth-order valence-electron chi connectivity index (χ4n) is 2.22. The summed E-state index contributed by atoms with van der Waals surface area (Å²) in [6, 6.07) is 12.4. The lowest BCUT2D eigenvalue weighted by molar-refractivity contribution is 0.405. The molecule has 106 valence electrons. The van der Waals surface area contributed by atoms with Crippen LogP contribution >= 0.6 is 15.9 Å². The van der Waals surface area contributed by atoms with E-state index in [0.717, 1.165) is 28.8 Å². The Labute approximate surface area is 128 Å². The largest absolute Gasteiger partial charge is 0.496 e. The van der Waals surface area contributed by atoms with Crippen molar-refractivity contribution >= 4 is 15.9 Å². The fourth-order valence-corrected chi connectivity index (χ4v) is 2.63. The molecule has 1 N–H and O–H groups in total. The topological polar surface area (TPSA) is 34.2 Å². The minimum Gasteiger partial charge on any atom is -0.496 e. The molecule has 2 aromatic rings. The maximum absolute atomic E-state index is 5.43. The van der Waals surface area contributed by atoms with E-state index in [1.54, 1.807) is 7.11 Å². The minimum atomic E-state index is 0.327. The highest BCUT2D eigenvalue weighted by Crippen LogP contribution is 2.24. The number of halogens is 1. The molecule has 4 heteroatoms. The van der Waals surface area contributed by atoms with E-state index in [-0.39, 0.29) is 0 Å². The lowest BCUT2D eigenvalue weighted by atomic mass is 10.0. The van der Waals surface area contributed by atoms with Gasteiger partial charge in [0.2, 0.25) is 0 Å². The Kier molecular flexibility index (Phi) is 5.56. The second kappa shape index (κ2) is 7.41. The van der Waals surface area contributed by atoms with Crippen LogP contribution in [0.2, 0.25) is 0 Å². The number of rotatable bonds is 6. The van der Waals surface area contributed by atoms with Gasteiger partial charge in [0.1, 0.15) is 5.75 Å². The average Bonchev–Trinajstić information content (AvgIpc) is 2.48. The number of nitrogens with zero attached hydrogens (tertiary/aromatic N) is 1. The van der Waals surface area contributed by atoms with Crippen molar-refractivity contribution in [3.8, 4) is 5.75 Å². The number of hydrogen-bond acceptors (Lipinski definition) is 3. The van der Waals surface area contributed by atoms with E-state index >= 15 is 0 Å². The molecule has 0 aliphatic heterocycles. The molecule has 0 fully saturated rings. The van der Waals surface area contributed by atoms with Crippen LogP contribution in [-0.2, 0) is 12.8 Å². The molecule has 1 heterocycles. The molecule has 0 saturated carbocycles. The molecule has 0 radical (unpaired) electrons. The van der Waals surface area contributed by atoms with Crippen LogP contribution in [0.5, 0.6) is 5.75 Å². The predicted octanol–water partition coefficient (Wildman–Crippen LogP) is 3.23. The van der Waals surface area contributed by atoms with Gasteiger partial charge in [0.25, 0.3) is 0 Å². The van der Waals surface area contributed by atoms with Gasteiger partial charge in [-0.05, 0) is 49.4 Å². The van der Waals surface area contributed by atoms with E-state index in [1.807, 2.05) is 37.5 Å². The number of benzene rings is 1. The van der Waals surface area contributed by atoms with E-state index in [0.29, 0.717) is 6.04 Å². The summed E-state index contributed by atoms with van der Waals surface area (Å²) in [5, 5.41) is 3.36. The van der Waals surface area contributed by atoms with Gasteiger partial charge in [-0.2, -0.15) is 0 Å². The van der Waals surface area contributed by atoms with Crippen LogP contribution in [0.25, 0.3) is 0 Å². The van der Waals surface area contributed by atoms with Crippen LogP contribution in [0, 0.1) is 0 Å². The molecular weight excluding hydrogens is 316 g/mol. The van der Waals surface area contributed by atoms with Gasteiger partial charge < -0.3 is 10.1 Å². The molecule has 1 aromatic carbocycles. The van der Waals surface area contributed by atoms with Crippen LogP contribution in [0.4, 0.5) is 0 Å².